The lowest BCUT2D eigenvalue weighted by Crippen LogP contribution is -2.13. The van der Waals surface area contributed by atoms with E-state index < -0.39 is 0 Å². The van der Waals surface area contributed by atoms with Gasteiger partial charge in [-0.25, -0.2) is 4.98 Å². The summed E-state index contributed by atoms with van der Waals surface area (Å²) in [7, 11) is 0. The normalized spacial score (nSPS) is 14.1. The fraction of sp³-hybridized carbons (Fsp3) is 0.400. The predicted octanol–water partition coefficient (Wildman–Crippen LogP) is 2.42. The van der Waals surface area contributed by atoms with Gasteiger partial charge in [0, 0.05) is 5.69 Å². The molecule has 4 heteroatoms. The molecule has 0 amide bonds. The van der Waals surface area contributed by atoms with E-state index in [4.69, 9.17) is 10.5 Å². The van der Waals surface area contributed by atoms with Crippen LogP contribution < -0.4 is 10.5 Å². The molecule has 0 saturated heterocycles. The maximum Gasteiger partial charge on any atom is 0.142 e. The second-order valence-electron chi connectivity index (χ2n) is 4.92. The van der Waals surface area contributed by atoms with Crippen molar-refractivity contribution in [3.63, 3.8) is 0 Å². The Hall–Kier alpha value is -1.97. The summed E-state index contributed by atoms with van der Waals surface area (Å²) < 4.78 is 7.94. The molecule has 0 bridgehead atoms. The summed E-state index contributed by atoms with van der Waals surface area (Å²) in [6.45, 7) is 1.45. The van der Waals surface area contributed by atoms with Crippen molar-refractivity contribution in [3.8, 4) is 5.75 Å². The maximum absolute atomic E-state index is 5.85. The van der Waals surface area contributed by atoms with Gasteiger partial charge in [0.25, 0.3) is 0 Å². The molecule has 0 atom stereocenters. The van der Waals surface area contributed by atoms with E-state index in [-0.39, 0.29) is 0 Å². The lowest BCUT2D eigenvalue weighted by Gasteiger charge is -2.14. The number of hydrogen-bond donors (Lipinski definition) is 1. The van der Waals surface area contributed by atoms with E-state index in [2.05, 4.69) is 9.55 Å². The first-order chi connectivity index (χ1) is 9.34. The molecule has 19 heavy (non-hydrogen) atoms. The lowest BCUT2D eigenvalue weighted by atomic mass is 10.0. The molecule has 1 aliphatic carbocycles. The van der Waals surface area contributed by atoms with E-state index in [0.29, 0.717) is 12.3 Å². The van der Waals surface area contributed by atoms with Crippen LogP contribution in [0.4, 0.5) is 5.69 Å². The Morgan fingerprint density at radius 1 is 1.21 bits per heavy atom. The van der Waals surface area contributed by atoms with Gasteiger partial charge in [-0.2, -0.15) is 0 Å². The molecule has 1 aromatic heterocycles. The number of para-hydroxylation sites is 2. The van der Waals surface area contributed by atoms with Crippen LogP contribution in [0.5, 0.6) is 5.75 Å². The number of nitrogen functional groups attached to an aromatic ring is 1. The molecule has 2 N–H and O–H groups in total. The van der Waals surface area contributed by atoms with Gasteiger partial charge in [0.2, 0.25) is 0 Å². The van der Waals surface area contributed by atoms with Crippen LogP contribution in [0.1, 0.15) is 24.2 Å². The highest BCUT2D eigenvalue weighted by Crippen LogP contribution is 2.21. The van der Waals surface area contributed by atoms with E-state index in [0.717, 1.165) is 25.1 Å². The van der Waals surface area contributed by atoms with E-state index >= 15 is 0 Å². The van der Waals surface area contributed by atoms with Gasteiger partial charge in [-0.05, 0) is 37.8 Å². The van der Waals surface area contributed by atoms with Crippen LogP contribution in [0.15, 0.2) is 30.6 Å². The average molecular weight is 257 g/mol. The molecule has 4 nitrogen and oxygen atoms in total. The Morgan fingerprint density at radius 3 is 2.95 bits per heavy atom. The molecule has 1 aliphatic rings. The molecule has 0 unspecified atom stereocenters. The number of fused-ring (bicyclic) bond motifs is 1. The highest BCUT2D eigenvalue weighted by atomic mass is 16.5. The second-order valence-corrected chi connectivity index (χ2v) is 4.92. The number of nitrogens with zero attached hydrogens (tertiary/aromatic N) is 2. The molecule has 0 fully saturated rings. The summed E-state index contributed by atoms with van der Waals surface area (Å²) in [6.07, 6.45) is 6.73. The first-order valence-electron chi connectivity index (χ1n) is 6.85. The third-order valence-electron chi connectivity index (χ3n) is 3.62. The molecule has 1 aromatic carbocycles. The van der Waals surface area contributed by atoms with Crippen molar-refractivity contribution < 1.29 is 4.74 Å². The topological polar surface area (TPSA) is 53.1 Å². The van der Waals surface area contributed by atoms with E-state index in [1.807, 2.05) is 30.6 Å². The summed E-state index contributed by atoms with van der Waals surface area (Å²) >= 11 is 0. The zero-order valence-electron chi connectivity index (χ0n) is 11.0. The summed E-state index contributed by atoms with van der Waals surface area (Å²) in [4.78, 5) is 4.48. The standard InChI is InChI=1S/C15H19N3O/c16-12-5-1-4-8-15(12)19-10-9-18-11-17-13-6-2-3-7-14(13)18/h1,4-5,8,11H,2-3,6-7,9-10,16H2. The zero-order chi connectivity index (χ0) is 13.1. The van der Waals surface area contributed by atoms with Crippen LogP contribution in [-0.2, 0) is 19.4 Å². The van der Waals surface area contributed by atoms with Crippen molar-refractivity contribution in [1.82, 2.24) is 9.55 Å². The monoisotopic (exact) mass is 257 g/mol. The Kier molecular flexibility index (Phi) is 3.40. The number of hydrogen-bond acceptors (Lipinski definition) is 3. The van der Waals surface area contributed by atoms with Gasteiger partial charge < -0.3 is 15.0 Å². The first kappa shape index (κ1) is 12.1. The van der Waals surface area contributed by atoms with Crippen LogP contribution in [0, 0.1) is 0 Å². The summed E-state index contributed by atoms with van der Waals surface area (Å²) in [5, 5.41) is 0. The van der Waals surface area contributed by atoms with Gasteiger partial charge in [0.05, 0.1) is 24.3 Å². The van der Waals surface area contributed by atoms with Crippen LogP contribution in [0.25, 0.3) is 0 Å². The van der Waals surface area contributed by atoms with Crippen molar-refractivity contribution in [2.45, 2.75) is 32.2 Å². The first-order valence-corrected chi connectivity index (χ1v) is 6.85. The smallest absolute Gasteiger partial charge is 0.142 e. The van der Waals surface area contributed by atoms with Crippen molar-refractivity contribution >= 4 is 5.69 Å². The highest BCUT2D eigenvalue weighted by molar-refractivity contribution is 5.51. The minimum Gasteiger partial charge on any atom is -0.490 e. The summed E-state index contributed by atoms with van der Waals surface area (Å²) in [5.41, 5.74) is 9.19. The predicted molar refractivity (Wildman–Crippen MR) is 75.2 cm³/mol. The number of anilines is 1. The Labute approximate surface area is 113 Å². The van der Waals surface area contributed by atoms with E-state index in [9.17, 15) is 0 Å². The van der Waals surface area contributed by atoms with Crippen LogP contribution >= 0.6 is 0 Å². The fourth-order valence-electron chi connectivity index (χ4n) is 2.59. The molecule has 2 aromatic rings. The Morgan fingerprint density at radius 2 is 2.05 bits per heavy atom. The molecule has 3 rings (SSSR count). The van der Waals surface area contributed by atoms with Crippen LogP contribution in [0.3, 0.4) is 0 Å². The van der Waals surface area contributed by atoms with Crippen molar-refractivity contribution in [2.75, 3.05) is 12.3 Å². The van der Waals surface area contributed by atoms with Gasteiger partial charge in [-0.1, -0.05) is 12.1 Å². The van der Waals surface area contributed by atoms with Crippen molar-refractivity contribution in [2.24, 2.45) is 0 Å². The zero-order valence-corrected chi connectivity index (χ0v) is 11.0. The number of ether oxygens (including phenoxy) is 1. The molecule has 100 valence electrons. The molecular formula is C15H19N3O. The molecule has 0 aliphatic heterocycles. The minimum absolute atomic E-state index is 0.622. The van der Waals surface area contributed by atoms with E-state index in [1.54, 1.807) is 0 Å². The number of imidazole rings is 1. The number of benzene rings is 1. The maximum atomic E-state index is 5.85. The number of rotatable bonds is 4. The average Bonchev–Trinajstić information content (AvgIpc) is 2.85. The van der Waals surface area contributed by atoms with Crippen LogP contribution in [0.2, 0.25) is 0 Å². The van der Waals surface area contributed by atoms with Gasteiger partial charge in [-0.15, -0.1) is 0 Å². The third-order valence-corrected chi connectivity index (χ3v) is 3.62. The Bertz CT molecular complexity index is 562. The molecule has 0 saturated carbocycles. The number of aromatic nitrogens is 2. The largest absolute Gasteiger partial charge is 0.490 e. The van der Waals surface area contributed by atoms with E-state index in [1.165, 1.54) is 24.2 Å². The summed E-state index contributed by atoms with van der Waals surface area (Å²) in [5.74, 6) is 0.761. The van der Waals surface area contributed by atoms with Crippen LogP contribution in [-0.4, -0.2) is 16.2 Å². The van der Waals surface area contributed by atoms with Gasteiger partial charge >= 0.3 is 0 Å². The van der Waals surface area contributed by atoms with Crippen molar-refractivity contribution in [1.29, 1.82) is 0 Å². The van der Waals surface area contributed by atoms with Crippen molar-refractivity contribution in [3.05, 3.63) is 42.0 Å². The third kappa shape index (κ3) is 2.57. The SMILES string of the molecule is Nc1ccccc1OCCn1cnc2c1CCCC2. The minimum atomic E-state index is 0.622. The highest BCUT2D eigenvalue weighted by Gasteiger charge is 2.14. The molecule has 1 heterocycles. The lowest BCUT2D eigenvalue weighted by molar-refractivity contribution is 0.297. The summed E-state index contributed by atoms with van der Waals surface area (Å²) in [6, 6.07) is 7.60. The fourth-order valence-corrected chi connectivity index (χ4v) is 2.59. The van der Waals surface area contributed by atoms with Gasteiger partial charge in [-0.3, -0.25) is 0 Å². The Balaban J connectivity index is 1.61. The number of nitrogens with two attached hydrogens (primary N) is 1. The quantitative estimate of drug-likeness (QED) is 0.856. The van der Waals surface area contributed by atoms with Gasteiger partial charge in [0.15, 0.2) is 0 Å². The molecular weight excluding hydrogens is 238 g/mol. The van der Waals surface area contributed by atoms with Gasteiger partial charge in [0.1, 0.15) is 12.4 Å². The molecule has 0 radical (unpaired) electrons. The second kappa shape index (κ2) is 5.34. The molecule has 0 spiro atoms. The number of aryl methyl sites for hydroxylation is 1.